The van der Waals surface area contributed by atoms with Crippen LogP contribution in [0.3, 0.4) is 0 Å². The van der Waals surface area contributed by atoms with Crippen molar-refractivity contribution in [1.82, 2.24) is 9.78 Å². The van der Waals surface area contributed by atoms with E-state index in [9.17, 15) is 5.11 Å². The van der Waals surface area contributed by atoms with Gasteiger partial charge in [-0.15, -0.1) is 0 Å². The van der Waals surface area contributed by atoms with Gasteiger partial charge in [-0.2, -0.15) is 5.10 Å². The lowest BCUT2D eigenvalue weighted by Gasteiger charge is -2.29. The lowest BCUT2D eigenvalue weighted by Crippen LogP contribution is -2.36. The summed E-state index contributed by atoms with van der Waals surface area (Å²) in [6, 6.07) is 2.68. The van der Waals surface area contributed by atoms with Gasteiger partial charge in [0.15, 0.2) is 0 Å². The maximum Gasteiger partial charge on any atom is 0.0631 e. The van der Waals surface area contributed by atoms with Gasteiger partial charge in [-0.05, 0) is 25.3 Å². The van der Waals surface area contributed by atoms with E-state index in [2.05, 4.69) is 23.9 Å². The van der Waals surface area contributed by atoms with Crippen LogP contribution in [0.25, 0.3) is 0 Å². The van der Waals surface area contributed by atoms with Gasteiger partial charge < -0.3 is 10.8 Å². The van der Waals surface area contributed by atoms with Crippen LogP contribution in [0.4, 0.5) is 0 Å². The topological polar surface area (TPSA) is 64.1 Å². The minimum atomic E-state index is -0.191. The number of aliphatic hydroxyl groups excluding tert-OH is 1. The first-order valence-corrected chi connectivity index (χ1v) is 7.58. The summed E-state index contributed by atoms with van der Waals surface area (Å²) in [4.78, 5) is 0. The summed E-state index contributed by atoms with van der Waals surface area (Å²) in [5, 5.41) is 14.4. The second-order valence-corrected chi connectivity index (χ2v) is 6.01. The van der Waals surface area contributed by atoms with Crippen molar-refractivity contribution in [3.05, 3.63) is 18.0 Å². The molecule has 1 aromatic rings. The van der Waals surface area contributed by atoms with Crippen LogP contribution in [-0.4, -0.2) is 28.0 Å². The largest absolute Gasteiger partial charge is 0.396 e. The summed E-state index contributed by atoms with van der Waals surface area (Å²) < 4.78 is 2.12. The van der Waals surface area contributed by atoms with Gasteiger partial charge in [0, 0.05) is 24.6 Å². The van der Waals surface area contributed by atoms with E-state index >= 15 is 0 Å². The molecule has 0 aromatic carbocycles. The fourth-order valence-corrected chi connectivity index (χ4v) is 3.22. The lowest BCUT2D eigenvalue weighted by molar-refractivity contribution is 0.119. The van der Waals surface area contributed by atoms with Crippen molar-refractivity contribution in [2.24, 2.45) is 11.1 Å². The molecule has 1 saturated carbocycles. The zero-order chi connectivity index (χ0) is 13.7. The van der Waals surface area contributed by atoms with Crippen molar-refractivity contribution in [3.8, 4) is 0 Å². The highest BCUT2D eigenvalue weighted by atomic mass is 16.3. The summed E-state index contributed by atoms with van der Waals surface area (Å²) in [7, 11) is 0. The molecule has 1 heterocycles. The molecule has 1 aromatic heterocycles. The monoisotopic (exact) mass is 265 g/mol. The third kappa shape index (κ3) is 3.37. The molecular formula is C15H27N3O. The minimum absolute atomic E-state index is 0.146. The predicted molar refractivity (Wildman–Crippen MR) is 76.9 cm³/mol. The average molecular weight is 265 g/mol. The van der Waals surface area contributed by atoms with Crippen LogP contribution in [0, 0.1) is 5.41 Å². The van der Waals surface area contributed by atoms with Crippen LogP contribution in [0.5, 0.6) is 0 Å². The smallest absolute Gasteiger partial charge is 0.0631 e. The molecule has 0 bridgehead atoms. The summed E-state index contributed by atoms with van der Waals surface area (Å²) in [5.41, 5.74) is 6.76. The van der Waals surface area contributed by atoms with Gasteiger partial charge in [0.2, 0.25) is 0 Å². The molecule has 0 aliphatic heterocycles. The summed E-state index contributed by atoms with van der Waals surface area (Å²) in [6.07, 6.45) is 10.0. The molecule has 3 N–H and O–H groups in total. The molecule has 0 radical (unpaired) electrons. The number of aliphatic hydroxyl groups is 1. The standard InChI is InChI=1S/C15H27N3O/c1-2-8-15(11-16,12-19)10-13-7-9-18(17-13)14-5-3-4-6-14/h7,9,14,19H,2-6,8,10-12,16H2,1H3. The molecule has 1 aliphatic rings. The molecule has 19 heavy (non-hydrogen) atoms. The van der Waals surface area contributed by atoms with Gasteiger partial charge in [-0.25, -0.2) is 0 Å². The van der Waals surface area contributed by atoms with E-state index in [1.165, 1.54) is 25.7 Å². The molecule has 1 fully saturated rings. The van der Waals surface area contributed by atoms with Crippen molar-refractivity contribution in [2.75, 3.05) is 13.2 Å². The first-order chi connectivity index (χ1) is 9.23. The number of aromatic nitrogens is 2. The number of nitrogens with two attached hydrogens (primary N) is 1. The van der Waals surface area contributed by atoms with E-state index in [-0.39, 0.29) is 12.0 Å². The van der Waals surface area contributed by atoms with Crippen LogP contribution in [0.1, 0.15) is 57.2 Å². The van der Waals surface area contributed by atoms with Gasteiger partial charge in [-0.1, -0.05) is 26.2 Å². The van der Waals surface area contributed by atoms with E-state index in [4.69, 9.17) is 10.8 Å². The summed E-state index contributed by atoms with van der Waals surface area (Å²) in [6.45, 7) is 2.80. The van der Waals surface area contributed by atoms with Crippen molar-refractivity contribution in [1.29, 1.82) is 0 Å². The first kappa shape index (κ1) is 14.5. The van der Waals surface area contributed by atoms with E-state index in [0.717, 1.165) is 25.0 Å². The maximum atomic E-state index is 9.67. The fraction of sp³-hybridized carbons (Fsp3) is 0.800. The van der Waals surface area contributed by atoms with Crippen LogP contribution in [-0.2, 0) is 6.42 Å². The predicted octanol–water partition coefficient (Wildman–Crippen LogP) is 2.28. The van der Waals surface area contributed by atoms with Gasteiger partial charge in [-0.3, -0.25) is 4.68 Å². The van der Waals surface area contributed by atoms with Crippen molar-refractivity contribution in [3.63, 3.8) is 0 Å². The van der Waals surface area contributed by atoms with Crippen molar-refractivity contribution >= 4 is 0 Å². The molecule has 4 heteroatoms. The third-order valence-electron chi connectivity index (χ3n) is 4.47. The van der Waals surface area contributed by atoms with Crippen LogP contribution >= 0.6 is 0 Å². The quantitative estimate of drug-likeness (QED) is 0.795. The first-order valence-electron chi connectivity index (χ1n) is 7.58. The summed E-state index contributed by atoms with van der Waals surface area (Å²) in [5.74, 6) is 0. The van der Waals surface area contributed by atoms with Gasteiger partial charge in [0.1, 0.15) is 0 Å². The van der Waals surface area contributed by atoms with Gasteiger partial charge in [0.05, 0.1) is 18.3 Å². The highest BCUT2D eigenvalue weighted by Gasteiger charge is 2.28. The van der Waals surface area contributed by atoms with E-state index in [1.807, 2.05) is 0 Å². The Hall–Kier alpha value is -0.870. The third-order valence-corrected chi connectivity index (χ3v) is 4.47. The summed E-state index contributed by atoms with van der Waals surface area (Å²) >= 11 is 0. The molecule has 4 nitrogen and oxygen atoms in total. The molecule has 1 unspecified atom stereocenters. The molecule has 108 valence electrons. The maximum absolute atomic E-state index is 9.67. The lowest BCUT2D eigenvalue weighted by atomic mass is 9.80. The Kier molecular flexibility index (Phi) is 4.99. The molecule has 1 aliphatic carbocycles. The number of hydrogen-bond acceptors (Lipinski definition) is 3. The molecule has 1 atom stereocenters. The Morgan fingerprint density at radius 1 is 1.47 bits per heavy atom. The minimum Gasteiger partial charge on any atom is -0.396 e. The highest BCUT2D eigenvalue weighted by Crippen LogP contribution is 2.30. The highest BCUT2D eigenvalue weighted by molar-refractivity contribution is 5.05. The Morgan fingerprint density at radius 2 is 2.21 bits per heavy atom. The normalized spacial score (nSPS) is 19.7. The SMILES string of the molecule is CCCC(CN)(CO)Cc1ccn(C2CCCC2)n1. The van der Waals surface area contributed by atoms with Crippen LogP contribution < -0.4 is 5.73 Å². The Bertz CT molecular complexity index is 378. The fourth-order valence-electron chi connectivity index (χ4n) is 3.22. The molecule has 2 rings (SSSR count). The zero-order valence-corrected chi connectivity index (χ0v) is 12.0. The Labute approximate surface area is 116 Å². The van der Waals surface area contributed by atoms with Gasteiger partial charge >= 0.3 is 0 Å². The van der Waals surface area contributed by atoms with E-state index < -0.39 is 0 Å². The van der Waals surface area contributed by atoms with E-state index in [0.29, 0.717) is 12.6 Å². The van der Waals surface area contributed by atoms with Crippen LogP contribution in [0.2, 0.25) is 0 Å². The second-order valence-electron chi connectivity index (χ2n) is 6.01. The Balaban J connectivity index is 2.04. The second kappa shape index (κ2) is 6.53. The number of hydrogen-bond donors (Lipinski definition) is 2. The number of rotatable bonds is 7. The molecule has 0 amide bonds. The molecular weight excluding hydrogens is 238 g/mol. The van der Waals surface area contributed by atoms with Crippen LogP contribution in [0.15, 0.2) is 12.3 Å². The molecule has 0 spiro atoms. The average Bonchev–Trinajstić information content (AvgIpc) is 3.08. The van der Waals surface area contributed by atoms with Crippen molar-refractivity contribution < 1.29 is 5.11 Å². The molecule has 0 saturated heterocycles. The number of nitrogens with zero attached hydrogens (tertiary/aromatic N) is 2. The van der Waals surface area contributed by atoms with Gasteiger partial charge in [0.25, 0.3) is 0 Å². The Morgan fingerprint density at radius 3 is 2.79 bits per heavy atom. The van der Waals surface area contributed by atoms with Crippen molar-refractivity contribution in [2.45, 2.75) is 57.9 Å². The van der Waals surface area contributed by atoms with E-state index in [1.54, 1.807) is 0 Å². The zero-order valence-electron chi connectivity index (χ0n) is 12.0.